The van der Waals surface area contributed by atoms with Crippen LogP contribution in [0.4, 0.5) is 0 Å². The van der Waals surface area contributed by atoms with Crippen molar-refractivity contribution in [1.29, 1.82) is 0 Å². The number of hydrogen-bond acceptors (Lipinski definition) is 4. The van der Waals surface area contributed by atoms with Gasteiger partial charge in [0.15, 0.2) is 18.1 Å². The molecule has 0 unspecified atom stereocenters. The van der Waals surface area contributed by atoms with E-state index in [0.717, 1.165) is 24.2 Å². The average molecular weight is 336 g/mol. The van der Waals surface area contributed by atoms with Crippen molar-refractivity contribution in [3.05, 3.63) is 59.5 Å². The molecule has 0 radical (unpaired) electrons. The number of hydrogen-bond donors (Lipinski definition) is 1. The van der Waals surface area contributed by atoms with E-state index in [0.29, 0.717) is 5.82 Å². The lowest BCUT2D eigenvalue weighted by Gasteiger charge is -2.13. The maximum Gasteiger partial charge on any atom is 0.258 e. The van der Waals surface area contributed by atoms with Crippen molar-refractivity contribution < 1.29 is 9.53 Å². The number of carbonyl (C=O) groups excluding carboxylic acids is 1. The van der Waals surface area contributed by atoms with E-state index in [1.165, 1.54) is 17.5 Å². The molecule has 0 saturated heterocycles. The summed E-state index contributed by atoms with van der Waals surface area (Å²) in [5, 5.41) is 11.2. The van der Waals surface area contributed by atoms with Gasteiger partial charge in [-0.15, -0.1) is 10.2 Å². The van der Waals surface area contributed by atoms with E-state index in [9.17, 15) is 4.79 Å². The molecule has 6 nitrogen and oxygen atoms in total. The van der Waals surface area contributed by atoms with Gasteiger partial charge in [0.1, 0.15) is 5.75 Å². The highest BCUT2D eigenvalue weighted by atomic mass is 16.5. The molecule has 1 aromatic carbocycles. The highest BCUT2D eigenvalue weighted by Crippen LogP contribution is 2.26. The van der Waals surface area contributed by atoms with Crippen molar-refractivity contribution in [2.45, 2.75) is 32.2 Å². The van der Waals surface area contributed by atoms with Crippen LogP contribution in [0.25, 0.3) is 5.65 Å². The smallest absolute Gasteiger partial charge is 0.258 e. The Balaban J connectivity index is 1.37. The Hall–Kier alpha value is -2.89. The molecule has 3 aromatic rings. The van der Waals surface area contributed by atoms with Crippen LogP contribution in [-0.4, -0.2) is 27.1 Å². The number of pyridine rings is 1. The zero-order valence-corrected chi connectivity index (χ0v) is 14.1. The van der Waals surface area contributed by atoms with Crippen LogP contribution in [0, 0.1) is 0 Å². The average Bonchev–Trinajstić information content (AvgIpc) is 3.26. The molecule has 1 amide bonds. The molecule has 2 aromatic heterocycles. The number of aromatic nitrogens is 3. The predicted molar refractivity (Wildman–Crippen MR) is 93.5 cm³/mol. The van der Waals surface area contributed by atoms with Gasteiger partial charge in [-0.1, -0.05) is 12.1 Å². The highest BCUT2D eigenvalue weighted by Gasteiger charge is 2.16. The molecule has 0 saturated carbocycles. The standard InChI is InChI=1S/C19H20N4O2/c1-13(19-22-21-17-7-2-3-10-23(17)19)20-18(24)12-25-16-9-8-14-5-4-6-15(14)11-16/h2-3,7-11,13H,4-6,12H2,1H3,(H,20,24)/t13-/m1/s1. The second-order valence-corrected chi connectivity index (χ2v) is 6.35. The van der Waals surface area contributed by atoms with Gasteiger partial charge in [-0.25, -0.2) is 0 Å². The third-order valence-electron chi connectivity index (χ3n) is 4.54. The van der Waals surface area contributed by atoms with Crippen molar-refractivity contribution >= 4 is 11.6 Å². The van der Waals surface area contributed by atoms with E-state index in [2.05, 4.69) is 21.6 Å². The van der Waals surface area contributed by atoms with Crippen molar-refractivity contribution in [1.82, 2.24) is 19.9 Å². The molecule has 6 heteroatoms. The van der Waals surface area contributed by atoms with Crippen LogP contribution < -0.4 is 10.1 Å². The zero-order valence-electron chi connectivity index (χ0n) is 14.1. The Kier molecular flexibility index (Phi) is 4.09. The van der Waals surface area contributed by atoms with E-state index in [4.69, 9.17) is 4.74 Å². The molecule has 2 heterocycles. The molecule has 128 valence electrons. The summed E-state index contributed by atoms with van der Waals surface area (Å²) in [6.07, 6.45) is 5.31. The van der Waals surface area contributed by atoms with Gasteiger partial charge in [0, 0.05) is 6.20 Å². The molecule has 4 rings (SSSR count). The van der Waals surface area contributed by atoms with E-state index in [1.54, 1.807) is 0 Å². The Morgan fingerprint density at radius 2 is 2.12 bits per heavy atom. The highest BCUT2D eigenvalue weighted by molar-refractivity contribution is 5.77. The van der Waals surface area contributed by atoms with Crippen molar-refractivity contribution in [2.24, 2.45) is 0 Å². The van der Waals surface area contributed by atoms with Gasteiger partial charge in [-0.05, 0) is 61.6 Å². The third-order valence-corrected chi connectivity index (χ3v) is 4.54. The van der Waals surface area contributed by atoms with Gasteiger partial charge in [0.05, 0.1) is 6.04 Å². The summed E-state index contributed by atoms with van der Waals surface area (Å²) in [5.74, 6) is 1.26. The molecule has 1 atom stereocenters. The lowest BCUT2D eigenvalue weighted by molar-refractivity contribution is -0.123. The summed E-state index contributed by atoms with van der Waals surface area (Å²) in [5.41, 5.74) is 3.48. The summed E-state index contributed by atoms with van der Waals surface area (Å²) < 4.78 is 7.51. The Morgan fingerprint density at radius 3 is 3.04 bits per heavy atom. The number of rotatable bonds is 5. The number of carbonyl (C=O) groups is 1. The van der Waals surface area contributed by atoms with Gasteiger partial charge in [-0.2, -0.15) is 0 Å². The number of fused-ring (bicyclic) bond motifs is 2. The predicted octanol–water partition coefficient (Wildman–Crippen LogP) is 2.47. The van der Waals surface area contributed by atoms with Crippen molar-refractivity contribution in [3.8, 4) is 5.75 Å². The summed E-state index contributed by atoms with van der Waals surface area (Å²) in [7, 11) is 0. The van der Waals surface area contributed by atoms with Crippen LogP contribution in [0.3, 0.4) is 0 Å². The van der Waals surface area contributed by atoms with Crippen LogP contribution in [0.15, 0.2) is 42.6 Å². The summed E-state index contributed by atoms with van der Waals surface area (Å²) in [6, 6.07) is 11.5. The zero-order chi connectivity index (χ0) is 17.2. The fourth-order valence-corrected chi connectivity index (χ4v) is 3.29. The van der Waals surface area contributed by atoms with Crippen LogP contribution in [-0.2, 0) is 17.6 Å². The second-order valence-electron chi connectivity index (χ2n) is 6.35. The summed E-state index contributed by atoms with van der Waals surface area (Å²) in [4.78, 5) is 12.2. The number of ether oxygens (including phenoxy) is 1. The van der Waals surface area contributed by atoms with Gasteiger partial charge in [0.2, 0.25) is 0 Å². The first kappa shape index (κ1) is 15.6. The lowest BCUT2D eigenvalue weighted by atomic mass is 10.1. The number of aryl methyl sites for hydroxylation is 2. The molecule has 0 fully saturated rings. The van der Waals surface area contributed by atoms with Gasteiger partial charge >= 0.3 is 0 Å². The molecule has 1 aliphatic rings. The molecule has 1 aliphatic carbocycles. The van der Waals surface area contributed by atoms with Crippen LogP contribution in [0.5, 0.6) is 5.75 Å². The minimum atomic E-state index is -0.256. The molecule has 0 aliphatic heterocycles. The topological polar surface area (TPSA) is 68.5 Å². The summed E-state index contributed by atoms with van der Waals surface area (Å²) in [6.45, 7) is 1.87. The van der Waals surface area contributed by atoms with Gasteiger partial charge in [-0.3, -0.25) is 9.20 Å². The van der Waals surface area contributed by atoms with E-state index >= 15 is 0 Å². The van der Waals surface area contributed by atoms with E-state index < -0.39 is 0 Å². The fraction of sp³-hybridized carbons (Fsp3) is 0.316. The molecule has 0 bridgehead atoms. The Bertz CT molecular complexity index is 919. The Labute approximate surface area is 145 Å². The molecule has 25 heavy (non-hydrogen) atoms. The Morgan fingerprint density at radius 1 is 1.24 bits per heavy atom. The number of nitrogens with zero attached hydrogens (tertiary/aromatic N) is 3. The second kappa shape index (κ2) is 6.55. The summed E-state index contributed by atoms with van der Waals surface area (Å²) >= 11 is 0. The van der Waals surface area contributed by atoms with Crippen LogP contribution in [0.1, 0.15) is 36.3 Å². The molecule has 1 N–H and O–H groups in total. The fourth-order valence-electron chi connectivity index (χ4n) is 3.29. The largest absolute Gasteiger partial charge is 0.484 e. The number of nitrogens with one attached hydrogen (secondary N) is 1. The van der Waals surface area contributed by atoms with Gasteiger partial charge < -0.3 is 10.1 Å². The van der Waals surface area contributed by atoms with Crippen molar-refractivity contribution in [2.75, 3.05) is 6.61 Å². The van der Waals surface area contributed by atoms with Gasteiger partial charge in [0.25, 0.3) is 5.91 Å². The maximum atomic E-state index is 12.2. The minimum absolute atomic E-state index is 0.0140. The molecular weight excluding hydrogens is 316 g/mol. The molecule has 0 spiro atoms. The SMILES string of the molecule is C[C@@H](NC(=O)COc1ccc2c(c1)CCC2)c1nnc2ccccn12. The molecular formula is C19H20N4O2. The van der Waals surface area contributed by atoms with Crippen molar-refractivity contribution in [3.63, 3.8) is 0 Å². The first-order chi connectivity index (χ1) is 12.2. The normalized spacial score (nSPS) is 14.3. The minimum Gasteiger partial charge on any atom is -0.484 e. The van der Waals surface area contributed by atoms with E-state index in [1.807, 2.05) is 47.9 Å². The first-order valence-electron chi connectivity index (χ1n) is 8.54. The number of amides is 1. The van der Waals surface area contributed by atoms with Crippen LogP contribution >= 0.6 is 0 Å². The lowest BCUT2D eigenvalue weighted by Crippen LogP contribution is -2.32. The van der Waals surface area contributed by atoms with Crippen LogP contribution in [0.2, 0.25) is 0 Å². The quantitative estimate of drug-likeness (QED) is 0.777. The maximum absolute atomic E-state index is 12.2. The van der Waals surface area contributed by atoms with E-state index in [-0.39, 0.29) is 18.6 Å². The first-order valence-corrected chi connectivity index (χ1v) is 8.54. The monoisotopic (exact) mass is 336 g/mol. The third kappa shape index (κ3) is 3.20. The number of benzene rings is 1.